The smallest absolute Gasteiger partial charge is 0.338 e. The number of nitrogens with one attached hydrogen (secondary N) is 1. The number of benzene rings is 2. The number of fused-ring (bicyclic) bond motifs is 1. The molecular weight excluding hydrogens is 490 g/mol. The van der Waals surface area contributed by atoms with Crippen LogP contribution in [0.25, 0.3) is 5.52 Å². The van der Waals surface area contributed by atoms with Gasteiger partial charge in [-0.25, -0.2) is 19.1 Å². The zero-order valence-corrected chi connectivity index (χ0v) is 21.1. The summed E-state index contributed by atoms with van der Waals surface area (Å²) in [5.74, 6) is -1.26. The Balaban J connectivity index is 1.42. The van der Waals surface area contributed by atoms with Gasteiger partial charge in [0.1, 0.15) is 24.9 Å². The Morgan fingerprint density at radius 2 is 1.63 bits per heavy atom. The van der Waals surface area contributed by atoms with Gasteiger partial charge in [0.15, 0.2) is 11.3 Å². The number of H-pyrrole nitrogens is 1. The summed E-state index contributed by atoms with van der Waals surface area (Å²) in [5.41, 5.74) is 8.28. The highest BCUT2D eigenvalue weighted by Crippen LogP contribution is 2.39. The van der Waals surface area contributed by atoms with E-state index < -0.39 is 41.7 Å². The molecular formula is C27H27N5O6. The Morgan fingerprint density at radius 3 is 2.26 bits per heavy atom. The molecule has 5 rings (SSSR count). The molecule has 1 saturated heterocycles. The zero-order valence-electron chi connectivity index (χ0n) is 21.1. The highest BCUT2D eigenvalue weighted by Gasteiger charge is 2.47. The molecule has 0 bridgehead atoms. The monoisotopic (exact) mass is 517 g/mol. The zero-order chi connectivity index (χ0) is 27.0. The molecule has 0 saturated carbocycles. The fourth-order valence-electron chi connectivity index (χ4n) is 4.45. The highest BCUT2D eigenvalue weighted by molar-refractivity contribution is 5.90. The average molecular weight is 518 g/mol. The first-order valence-electron chi connectivity index (χ1n) is 12.1. The molecule has 2 aromatic carbocycles. The molecule has 1 aliphatic heterocycles. The normalized spacial score (nSPS) is 20.9. The number of nitrogens with two attached hydrogens (primary N) is 1. The Labute approximate surface area is 217 Å². The van der Waals surface area contributed by atoms with E-state index >= 15 is 0 Å². The molecule has 38 heavy (non-hydrogen) atoms. The quantitative estimate of drug-likeness (QED) is 0.368. The third-order valence-electron chi connectivity index (χ3n) is 6.58. The number of nitrogen functional groups attached to an aromatic ring is 1. The highest BCUT2D eigenvalue weighted by atomic mass is 16.6. The first kappa shape index (κ1) is 25.2. The van der Waals surface area contributed by atoms with Crippen LogP contribution >= 0.6 is 0 Å². The summed E-state index contributed by atoms with van der Waals surface area (Å²) in [6.45, 7) is 5.51. The molecule has 11 heteroatoms. The van der Waals surface area contributed by atoms with Crippen molar-refractivity contribution in [3.8, 4) is 0 Å². The number of hydrogen-bond acceptors (Lipinski definition) is 9. The third kappa shape index (κ3) is 4.88. The molecule has 0 spiro atoms. The van der Waals surface area contributed by atoms with Gasteiger partial charge in [-0.3, -0.25) is 9.78 Å². The number of carbonyl (C=O) groups excluding carboxylic acids is 2. The molecule has 0 amide bonds. The second-order valence-electron chi connectivity index (χ2n) is 9.41. The maximum absolute atomic E-state index is 13.0. The minimum absolute atomic E-state index is 0.0849. The summed E-state index contributed by atoms with van der Waals surface area (Å²) in [4.78, 5) is 44.8. The minimum atomic E-state index is -0.800. The Kier molecular flexibility index (Phi) is 6.68. The van der Waals surface area contributed by atoms with Crippen LogP contribution in [0.2, 0.25) is 0 Å². The van der Waals surface area contributed by atoms with Crippen LogP contribution in [0.4, 0.5) is 5.95 Å². The third-order valence-corrected chi connectivity index (χ3v) is 6.58. The summed E-state index contributed by atoms with van der Waals surface area (Å²) in [7, 11) is 0. The van der Waals surface area contributed by atoms with Crippen LogP contribution in [-0.4, -0.2) is 50.3 Å². The molecule has 3 N–H and O–H groups in total. The Morgan fingerprint density at radius 1 is 1.03 bits per heavy atom. The number of rotatable bonds is 6. The predicted molar refractivity (Wildman–Crippen MR) is 137 cm³/mol. The number of aromatic nitrogens is 4. The summed E-state index contributed by atoms with van der Waals surface area (Å²) >= 11 is 0. The van der Waals surface area contributed by atoms with Crippen molar-refractivity contribution in [3.05, 3.63) is 93.2 Å². The molecule has 0 radical (unpaired) electrons. The van der Waals surface area contributed by atoms with Crippen LogP contribution in [0.5, 0.6) is 0 Å². The maximum atomic E-state index is 13.0. The van der Waals surface area contributed by atoms with Crippen molar-refractivity contribution in [1.29, 1.82) is 0 Å². The van der Waals surface area contributed by atoms with Crippen LogP contribution in [0.15, 0.2) is 59.5 Å². The lowest BCUT2D eigenvalue weighted by atomic mass is 9.97. The molecule has 1 aliphatic rings. The van der Waals surface area contributed by atoms with Gasteiger partial charge < -0.3 is 19.9 Å². The van der Waals surface area contributed by atoms with Crippen molar-refractivity contribution in [3.63, 3.8) is 0 Å². The second-order valence-corrected chi connectivity index (χ2v) is 9.41. The van der Waals surface area contributed by atoms with Gasteiger partial charge >= 0.3 is 11.9 Å². The first-order chi connectivity index (χ1) is 18.2. The Bertz CT molecular complexity index is 1540. The van der Waals surface area contributed by atoms with E-state index in [9.17, 15) is 14.4 Å². The molecule has 2 aromatic heterocycles. The largest absolute Gasteiger partial charge is 0.459 e. The lowest BCUT2D eigenvalue weighted by molar-refractivity contribution is -0.0443. The number of aromatic amines is 1. The van der Waals surface area contributed by atoms with Gasteiger partial charge in [0.05, 0.1) is 17.3 Å². The van der Waals surface area contributed by atoms with Gasteiger partial charge in [-0.15, -0.1) is 5.10 Å². The van der Waals surface area contributed by atoms with E-state index in [1.165, 1.54) is 10.7 Å². The Hall–Kier alpha value is -4.51. The standard InChI is InChI=1S/C27H27N5O6/c1-14-4-8-17(9-5-14)25(34)36-13-20-21(38-26(35)18-10-6-15(2)7-11-18)16(3)22(37-20)23-29-12-19-24(33)30-27(28)31-32(19)23/h4-12,16,20-22H,13H2,1-3H3,(H3,28,30,31,33)/t16-,20+,21-,22+/m0/s1. The number of carbonyl (C=O) groups is 2. The molecule has 1 fully saturated rings. The average Bonchev–Trinajstić information content (AvgIpc) is 3.44. The van der Waals surface area contributed by atoms with Gasteiger partial charge in [-0.1, -0.05) is 42.3 Å². The van der Waals surface area contributed by atoms with Gasteiger partial charge in [0, 0.05) is 5.92 Å². The van der Waals surface area contributed by atoms with Crippen LogP contribution in [0, 0.1) is 19.8 Å². The number of anilines is 1. The van der Waals surface area contributed by atoms with Crippen molar-refractivity contribution in [2.75, 3.05) is 12.3 Å². The van der Waals surface area contributed by atoms with Crippen LogP contribution < -0.4 is 11.3 Å². The van der Waals surface area contributed by atoms with Crippen molar-refractivity contribution >= 4 is 23.4 Å². The van der Waals surface area contributed by atoms with Gasteiger partial charge in [-0.2, -0.15) is 0 Å². The second kappa shape index (κ2) is 10.1. The predicted octanol–water partition coefficient (Wildman–Crippen LogP) is 2.78. The van der Waals surface area contributed by atoms with Crippen molar-refractivity contribution < 1.29 is 23.8 Å². The SMILES string of the molecule is Cc1ccc(C(=O)OC[C@H]2O[C@@H](c3ncc4c(=O)[nH]c(N)nn34)[C@@H](C)[C@@H]2OC(=O)c2ccc(C)cc2)cc1. The maximum Gasteiger partial charge on any atom is 0.338 e. The fourth-order valence-corrected chi connectivity index (χ4v) is 4.45. The topological polar surface area (TPSA) is 151 Å². The van der Waals surface area contributed by atoms with E-state index in [1.807, 2.05) is 45.0 Å². The number of nitrogens with zero attached hydrogens (tertiary/aromatic N) is 3. The van der Waals surface area contributed by atoms with Crippen molar-refractivity contribution in [2.24, 2.45) is 5.92 Å². The first-order valence-corrected chi connectivity index (χ1v) is 12.1. The van der Waals surface area contributed by atoms with E-state index in [0.717, 1.165) is 11.1 Å². The summed E-state index contributed by atoms with van der Waals surface area (Å²) in [5, 5.41) is 4.17. The van der Waals surface area contributed by atoms with E-state index in [1.54, 1.807) is 24.3 Å². The van der Waals surface area contributed by atoms with Gasteiger partial charge in [0.25, 0.3) is 5.56 Å². The fraction of sp³-hybridized carbons (Fsp3) is 0.296. The van der Waals surface area contributed by atoms with Crippen molar-refractivity contribution in [1.82, 2.24) is 19.6 Å². The molecule has 3 heterocycles. The van der Waals surface area contributed by atoms with E-state index in [4.69, 9.17) is 19.9 Å². The molecule has 0 aliphatic carbocycles. The number of ether oxygens (including phenoxy) is 3. The molecule has 11 nitrogen and oxygen atoms in total. The molecule has 4 atom stereocenters. The summed E-state index contributed by atoms with van der Waals surface area (Å²) in [6.07, 6.45) is -0.948. The van der Waals surface area contributed by atoms with Crippen LogP contribution in [0.3, 0.4) is 0 Å². The van der Waals surface area contributed by atoms with E-state index in [-0.39, 0.29) is 18.1 Å². The number of aryl methyl sites for hydroxylation is 2. The number of hydrogen-bond donors (Lipinski definition) is 2. The summed E-state index contributed by atoms with van der Waals surface area (Å²) < 4.78 is 19.0. The molecule has 0 unspecified atom stereocenters. The van der Waals surface area contributed by atoms with E-state index in [2.05, 4.69) is 15.1 Å². The lowest BCUT2D eigenvalue weighted by Gasteiger charge is -2.21. The number of imidazole rings is 1. The number of esters is 2. The van der Waals surface area contributed by atoms with Gasteiger partial charge in [-0.05, 0) is 38.1 Å². The van der Waals surface area contributed by atoms with Crippen molar-refractivity contribution in [2.45, 2.75) is 39.1 Å². The van der Waals surface area contributed by atoms with Gasteiger partial charge in [0.2, 0.25) is 5.95 Å². The summed E-state index contributed by atoms with van der Waals surface area (Å²) in [6, 6.07) is 14.0. The van der Waals surface area contributed by atoms with Crippen LogP contribution in [0.1, 0.15) is 50.7 Å². The molecule has 4 aromatic rings. The lowest BCUT2D eigenvalue weighted by Crippen LogP contribution is -2.35. The minimum Gasteiger partial charge on any atom is -0.459 e. The van der Waals surface area contributed by atoms with E-state index in [0.29, 0.717) is 17.0 Å². The van der Waals surface area contributed by atoms with Crippen LogP contribution in [-0.2, 0) is 14.2 Å². The molecule has 196 valence electrons.